The first-order valence-electron chi connectivity index (χ1n) is 9.79. The van der Waals surface area contributed by atoms with Gasteiger partial charge in [0.15, 0.2) is 10.9 Å². The Morgan fingerprint density at radius 1 is 1.00 bits per heavy atom. The highest BCUT2D eigenvalue weighted by Crippen LogP contribution is 2.24. The quantitative estimate of drug-likeness (QED) is 0.317. The molecule has 0 unspecified atom stereocenters. The maximum atomic E-state index is 13.4. The van der Waals surface area contributed by atoms with Gasteiger partial charge in [-0.25, -0.2) is 19.0 Å². The van der Waals surface area contributed by atoms with Crippen molar-refractivity contribution < 1.29 is 14.0 Å². The largest absolute Gasteiger partial charge is 0.326 e. The number of amides is 2. The lowest BCUT2D eigenvalue weighted by Gasteiger charge is -2.09. The Morgan fingerprint density at radius 3 is 2.39 bits per heavy atom. The van der Waals surface area contributed by atoms with Crippen molar-refractivity contribution in [2.45, 2.75) is 17.8 Å². The summed E-state index contributed by atoms with van der Waals surface area (Å²) in [7, 11) is 0. The molecule has 4 aromatic rings. The highest BCUT2D eigenvalue weighted by molar-refractivity contribution is 7.98. The number of rotatable bonds is 7. The number of thioether (sulfide) groups is 1. The fourth-order valence-electron chi connectivity index (χ4n) is 2.96. The van der Waals surface area contributed by atoms with Crippen LogP contribution in [0.1, 0.15) is 23.1 Å². The Balaban J connectivity index is 1.63. The first-order valence-corrected chi connectivity index (χ1v) is 10.8. The van der Waals surface area contributed by atoms with Gasteiger partial charge in [0.05, 0.1) is 11.4 Å². The first-order chi connectivity index (χ1) is 16.0. The summed E-state index contributed by atoms with van der Waals surface area (Å²) in [6.07, 6.45) is 3.25. The summed E-state index contributed by atoms with van der Waals surface area (Å²) in [6, 6.07) is 14.2. The fourth-order valence-corrected chi connectivity index (χ4v) is 3.75. The Labute approximate surface area is 192 Å². The van der Waals surface area contributed by atoms with Gasteiger partial charge in [0, 0.05) is 36.4 Å². The van der Waals surface area contributed by atoms with Crippen LogP contribution in [0.3, 0.4) is 0 Å². The van der Waals surface area contributed by atoms with Crippen LogP contribution in [-0.4, -0.2) is 36.8 Å². The highest BCUT2D eigenvalue weighted by Gasteiger charge is 2.21. The standard InChI is InChI=1S/C22H18FN7O2S/c1-14(31)26-16-4-2-5-17(12-16)27-21(32)20-19(13-33-22-24-10-3-11-25-22)30(29-28-20)18-8-6-15(23)7-9-18/h2-12H,13H2,1H3,(H,26,31)(H,27,32). The molecule has 0 aliphatic rings. The predicted molar refractivity (Wildman–Crippen MR) is 122 cm³/mol. The Bertz CT molecular complexity index is 1280. The Kier molecular flexibility index (Phi) is 6.69. The monoisotopic (exact) mass is 463 g/mol. The zero-order chi connectivity index (χ0) is 23.2. The van der Waals surface area contributed by atoms with Crippen LogP contribution >= 0.6 is 11.8 Å². The van der Waals surface area contributed by atoms with Gasteiger partial charge in [-0.05, 0) is 48.5 Å². The van der Waals surface area contributed by atoms with Gasteiger partial charge >= 0.3 is 0 Å². The van der Waals surface area contributed by atoms with E-state index in [4.69, 9.17) is 0 Å². The number of halogens is 1. The van der Waals surface area contributed by atoms with Crippen molar-refractivity contribution in [2.75, 3.05) is 10.6 Å². The van der Waals surface area contributed by atoms with E-state index in [0.717, 1.165) is 0 Å². The van der Waals surface area contributed by atoms with Gasteiger partial charge in [0.1, 0.15) is 5.82 Å². The van der Waals surface area contributed by atoms with Crippen molar-refractivity contribution in [1.82, 2.24) is 25.0 Å². The van der Waals surface area contributed by atoms with Gasteiger partial charge < -0.3 is 10.6 Å². The second kappa shape index (κ2) is 10.0. The van der Waals surface area contributed by atoms with Crippen LogP contribution in [0.5, 0.6) is 0 Å². The molecule has 0 aliphatic carbocycles. The highest BCUT2D eigenvalue weighted by atomic mass is 32.2. The molecule has 0 spiro atoms. The molecular formula is C22H18FN7O2S. The summed E-state index contributed by atoms with van der Waals surface area (Å²) >= 11 is 1.31. The lowest BCUT2D eigenvalue weighted by atomic mass is 10.2. The molecule has 2 amide bonds. The minimum absolute atomic E-state index is 0.104. The molecule has 33 heavy (non-hydrogen) atoms. The number of benzene rings is 2. The lowest BCUT2D eigenvalue weighted by molar-refractivity contribution is -0.114. The van der Waals surface area contributed by atoms with E-state index >= 15 is 0 Å². The summed E-state index contributed by atoms with van der Waals surface area (Å²) in [5.41, 5.74) is 2.18. The summed E-state index contributed by atoms with van der Waals surface area (Å²) in [4.78, 5) is 32.7. The summed E-state index contributed by atoms with van der Waals surface area (Å²) < 4.78 is 14.9. The van der Waals surface area contributed by atoms with E-state index in [-0.39, 0.29) is 17.4 Å². The van der Waals surface area contributed by atoms with Crippen molar-refractivity contribution in [3.05, 3.63) is 84.2 Å². The number of anilines is 2. The molecule has 4 rings (SSSR count). The lowest BCUT2D eigenvalue weighted by Crippen LogP contribution is -2.15. The molecule has 0 saturated heterocycles. The topological polar surface area (TPSA) is 115 Å². The molecule has 2 aromatic carbocycles. The summed E-state index contributed by atoms with van der Waals surface area (Å²) in [5.74, 6) is -0.788. The summed E-state index contributed by atoms with van der Waals surface area (Å²) in [5, 5.41) is 14.2. The maximum absolute atomic E-state index is 13.4. The molecule has 0 bridgehead atoms. The minimum Gasteiger partial charge on any atom is -0.326 e. The van der Waals surface area contributed by atoms with Crippen LogP contribution in [0.4, 0.5) is 15.8 Å². The molecule has 166 valence electrons. The molecule has 0 aliphatic heterocycles. The maximum Gasteiger partial charge on any atom is 0.278 e. The van der Waals surface area contributed by atoms with E-state index in [9.17, 15) is 14.0 Å². The SMILES string of the molecule is CC(=O)Nc1cccc(NC(=O)c2nnn(-c3ccc(F)cc3)c2CSc2ncccn2)c1. The first kappa shape index (κ1) is 22.1. The summed E-state index contributed by atoms with van der Waals surface area (Å²) in [6.45, 7) is 1.40. The third kappa shape index (κ3) is 5.57. The van der Waals surface area contributed by atoms with Crippen molar-refractivity contribution in [2.24, 2.45) is 0 Å². The average molecular weight is 463 g/mol. The molecule has 2 aromatic heterocycles. The van der Waals surface area contributed by atoms with Gasteiger partial charge in [-0.1, -0.05) is 23.0 Å². The van der Waals surface area contributed by atoms with Crippen molar-refractivity contribution in [1.29, 1.82) is 0 Å². The van der Waals surface area contributed by atoms with Crippen LogP contribution in [0, 0.1) is 5.82 Å². The molecule has 11 heteroatoms. The van der Waals surface area contributed by atoms with E-state index in [1.807, 2.05) is 0 Å². The van der Waals surface area contributed by atoms with Crippen LogP contribution in [-0.2, 0) is 10.5 Å². The fraction of sp³-hybridized carbons (Fsp3) is 0.0909. The molecular weight excluding hydrogens is 445 g/mol. The molecule has 0 atom stereocenters. The number of carbonyl (C=O) groups excluding carboxylic acids is 2. The smallest absolute Gasteiger partial charge is 0.278 e. The minimum atomic E-state index is -0.479. The zero-order valence-electron chi connectivity index (χ0n) is 17.4. The molecule has 0 fully saturated rings. The number of hydrogen-bond donors (Lipinski definition) is 2. The predicted octanol–water partition coefficient (Wildman–Crippen LogP) is 3.70. The molecule has 9 nitrogen and oxygen atoms in total. The number of hydrogen-bond acceptors (Lipinski definition) is 7. The number of nitrogens with zero attached hydrogens (tertiary/aromatic N) is 5. The third-order valence-corrected chi connectivity index (χ3v) is 5.26. The number of carbonyl (C=O) groups is 2. The number of aromatic nitrogens is 5. The van der Waals surface area contributed by atoms with E-state index in [1.165, 1.54) is 35.5 Å². The second-order valence-corrected chi connectivity index (χ2v) is 7.75. The third-order valence-electron chi connectivity index (χ3n) is 4.37. The van der Waals surface area contributed by atoms with Gasteiger partial charge in [-0.15, -0.1) is 5.10 Å². The second-order valence-electron chi connectivity index (χ2n) is 6.81. The van der Waals surface area contributed by atoms with Crippen molar-refractivity contribution in [3.8, 4) is 5.69 Å². The Morgan fingerprint density at radius 2 is 1.70 bits per heavy atom. The van der Waals surface area contributed by atoms with Crippen molar-refractivity contribution >= 4 is 35.0 Å². The van der Waals surface area contributed by atoms with E-state index in [0.29, 0.717) is 33.7 Å². The number of nitrogens with one attached hydrogen (secondary N) is 2. The van der Waals surface area contributed by atoms with Crippen LogP contribution in [0.15, 0.2) is 72.1 Å². The average Bonchev–Trinajstić information content (AvgIpc) is 3.23. The Hall–Kier alpha value is -4.12. The molecule has 0 saturated carbocycles. The van der Waals surface area contributed by atoms with E-state index < -0.39 is 5.91 Å². The van der Waals surface area contributed by atoms with Crippen LogP contribution < -0.4 is 10.6 Å². The zero-order valence-corrected chi connectivity index (χ0v) is 18.2. The molecule has 0 radical (unpaired) electrons. The normalized spacial score (nSPS) is 10.6. The molecule has 2 heterocycles. The van der Waals surface area contributed by atoms with Crippen LogP contribution in [0.25, 0.3) is 5.69 Å². The molecule has 2 N–H and O–H groups in total. The van der Waals surface area contributed by atoms with E-state index in [1.54, 1.807) is 54.9 Å². The van der Waals surface area contributed by atoms with Gasteiger partial charge in [-0.3, -0.25) is 9.59 Å². The van der Waals surface area contributed by atoms with Crippen molar-refractivity contribution in [3.63, 3.8) is 0 Å². The van der Waals surface area contributed by atoms with E-state index in [2.05, 4.69) is 30.9 Å². The van der Waals surface area contributed by atoms with Crippen LogP contribution in [0.2, 0.25) is 0 Å². The van der Waals surface area contributed by atoms with Gasteiger partial charge in [0.25, 0.3) is 5.91 Å². The van der Waals surface area contributed by atoms with Gasteiger partial charge in [-0.2, -0.15) is 0 Å². The van der Waals surface area contributed by atoms with Gasteiger partial charge in [0.2, 0.25) is 5.91 Å².